The fourth-order valence-electron chi connectivity index (χ4n) is 3.74. The number of fused-ring (bicyclic) bond motifs is 1. The summed E-state index contributed by atoms with van der Waals surface area (Å²) in [6, 6.07) is 11.4. The molecule has 2 aromatic rings. The SMILES string of the molecule is CCC1=NN2C(=N)/C(=C\c3cc(Cl)c(OCCOc4ccc([C@H](C)CC)cc4)c(OC)c3)C(=O)N=C2S1. The molecule has 0 radical (unpaired) electrons. The highest BCUT2D eigenvalue weighted by molar-refractivity contribution is 8.26. The Morgan fingerprint density at radius 3 is 2.57 bits per heavy atom. The summed E-state index contributed by atoms with van der Waals surface area (Å²) >= 11 is 7.81. The zero-order valence-corrected chi connectivity index (χ0v) is 22.8. The van der Waals surface area contributed by atoms with E-state index in [-0.39, 0.29) is 18.0 Å². The molecule has 194 valence electrons. The van der Waals surface area contributed by atoms with Gasteiger partial charge in [0, 0.05) is 0 Å². The molecule has 4 rings (SSSR count). The minimum absolute atomic E-state index is 0.0318. The second-order valence-electron chi connectivity index (χ2n) is 8.48. The van der Waals surface area contributed by atoms with Crippen LogP contribution < -0.4 is 14.2 Å². The molecule has 8 nitrogen and oxygen atoms in total. The van der Waals surface area contributed by atoms with Crippen molar-refractivity contribution < 1.29 is 19.0 Å². The van der Waals surface area contributed by atoms with E-state index in [1.165, 1.54) is 29.4 Å². The van der Waals surface area contributed by atoms with Gasteiger partial charge >= 0.3 is 0 Å². The molecule has 0 fully saturated rings. The van der Waals surface area contributed by atoms with Gasteiger partial charge in [-0.3, -0.25) is 10.2 Å². The quantitative estimate of drug-likeness (QED) is 0.278. The first-order valence-electron chi connectivity index (χ1n) is 12.1. The molecule has 0 unspecified atom stereocenters. The maximum Gasteiger partial charge on any atom is 0.283 e. The summed E-state index contributed by atoms with van der Waals surface area (Å²) < 4.78 is 17.2. The van der Waals surface area contributed by atoms with Gasteiger partial charge in [-0.05, 0) is 72.0 Å². The number of benzene rings is 2. The lowest BCUT2D eigenvalue weighted by atomic mass is 9.99. The molecule has 1 N–H and O–H groups in total. The molecule has 0 aromatic heterocycles. The average molecular weight is 541 g/mol. The van der Waals surface area contributed by atoms with E-state index >= 15 is 0 Å². The van der Waals surface area contributed by atoms with Gasteiger partial charge in [-0.2, -0.15) is 15.1 Å². The number of hydrogen-bond acceptors (Lipinski definition) is 7. The van der Waals surface area contributed by atoms with Crippen molar-refractivity contribution in [2.45, 2.75) is 39.5 Å². The van der Waals surface area contributed by atoms with E-state index in [1.807, 2.05) is 19.1 Å². The normalized spacial score (nSPS) is 16.9. The molecule has 0 saturated heterocycles. The molecule has 1 amide bonds. The highest BCUT2D eigenvalue weighted by atomic mass is 35.5. The van der Waals surface area contributed by atoms with Crippen molar-refractivity contribution in [3.8, 4) is 17.2 Å². The van der Waals surface area contributed by atoms with Crippen molar-refractivity contribution in [2.24, 2.45) is 10.1 Å². The Kier molecular flexibility index (Phi) is 8.56. The van der Waals surface area contributed by atoms with Gasteiger partial charge in [0.25, 0.3) is 5.91 Å². The third-order valence-corrected chi connectivity index (χ3v) is 7.36. The number of ether oxygens (including phenoxy) is 3. The van der Waals surface area contributed by atoms with Crippen LogP contribution in [0.5, 0.6) is 17.2 Å². The van der Waals surface area contributed by atoms with Crippen LogP contribution in [0.15, 0.2) is 52.1 Å². The zero-order chi connectivity index (χ0) is 26.5. The summed E-state index contributed by atoms with van der Waals surface area (Å²) in [6.07, 6.45) is 3.34. The number of amides is 1. The number of thioether (sulfide) groups is 1. The monoisotopic (exact) mass is 540 g/mol. The van der Waals surface area contributed by atoms with Crippen LogP contribution in [0, 0.1) is 5.41 Å². The third-order valence-electron chi connectivity index (χ3n) is 6.02. The lowest BCUT2D eigenvalue weighted by molar-refractivity contribution is -0.114. The summed E-state index contributed by atoms with van der Waals surface area (Å²) in [6.45, 7) is 6.92. The van der Waals surface area contributed by atoms with Crippen LogP contribution in [-0.4, -0.2) is 47.3 Å². The van der Waals surface area contributed by atoms with Crippen LogP contribution in [0.4, 0.5) is 0 Å². The summed E-state index contributed by atoms with van der Waals surface area (Å²) in [5, 5.41) is 15.7. The topological polar surface area (TPSA) is 96.6 Å². The fraction of sp³-hybridized carbons (Fsp3) is 0.333. The van der Waals surface area contributed by atoms with Crippen LogP contribution in [0.3, 0.4) is 0 Å². The van der Waals surface area contributed by atoms with Crippen LogP contribution in [0.1, 0.15) is 50.7 Å². The first kappa shape index (κ1) is 26.8. The number of rotatable bonds is 10. The number of hydrogen-bond donors (Lipinski definition) is 1. The number of amidine groups is 2. The minimum atomic E-state index is -0.499. The summed E-state index contributed by atoms with van der Waals surface area (Å²) in [4.78, 5) is 16.7. The minimum Gasteiger partial charge on any atom is -0.493 e. The van der Waals surface area contributed by atoms with Gasteiger partial charge < -0.3 is 14.2 Å². The number of methoxy groups -OCH3 is 1. The van der Waals surface area contributed by atoms with E-state index in [4.69, 9.17) is 31.2 Å². The number of carbonyl (C=O) groups is 1. The predicted molar refractivity (Wildman–Crippen MR) is 149 cm³/mol. The van der Waals surface area contributed by atoms with E-state index in [2.05, 4.69) is 36.1 Å². The van der Waals surface area contributed by atoms with E-state index in [1.54, 1.807) is 18.2 Å². The smallest absolute Gasteiger partial charge is 0.283 e. The fourth-order valence-corrected chi connectivity index (χ4v) is 4.83. The Balaban J connectivity index is 1.43. The average Bonchev–Trinajstić information content (AvgIpc) is 3.32. The van der Waals surface area contributed by atoms with E-state index in [9.17, 15) is 4.79 Å². The largest absolute Gasteiger partial charge is 0.493 e. The lowest BCUT2D eigenvalue weighted by Crippen LogP contribution is -2.35. The molecule has 0 bridgehead atoms. The zero-order valence-electron chi connectivity index (χ0n) is 21.2. The highest BCUT2D eigenvalue weighted by Gasteiger charge is 2.35. The Morgan fingerprint density at radius 1 is 1.16 bits per heavy atom. The molecule has 37 heavy (non-hydrogen) atoms. The lowest BCUT2D eigenvalue weighted by Gasteiger charge is -2.20. The van der Waals surface area contributed by atoms with Crippen molar-refractivity contribution in [1.29, 1.82) is 5.41 Å². The van der Waals surface area contributed by atoms with Crippen LogP contribution in [0.25, 0.3) is 6.08 Å². The molecule has 2 aliphatic rings. The number of halogens is 1. The van der Waals surface area contributed by atoms with Gasteiger partial charge in [-0.25, -0.2) is 0 Å². The van der Waals surface area contributed by atoms with Gasteiger partial charge in [-0.15, -0.1) is 0 Å². The number of aliphatic imine (C=N–C) groups is 1. The maximum absolute atomic E-state index is 12.6. The molecule has 0 spiro atoms. The Labute approximate surface area is 225 Å². The van der Waals surface area contributed by atoms with Crippen molar-refractivity contribution >= 4 is 51.4 Å². The van der Waals surface area contributed by atoms with Gasteiger partial charge in [0.15, 0.2) is 17.3 Å². The number of hydrazone groups is 1. The van der Waals surface area contributed by atoms with Crippen LogP contribution in [0.2, 0.25) is 5.02 Å². The number of carbonyl (C=O) groups excluding carboxylic acids is 1. The van der Waals surface area contributed by atoms with Gasteiger partial charge in [0.1, 0.15) is 24.0 Å². The summed E-state index contributed by atoms with van der Waals surface area (Å²) in [5.74, 6) is 1.53. The highest BCUT2D eigenvalue weighted by Crippen LogP contribution is 2.38. The molecule has 2 aliphatic heterocycles. The molecule has 2 heterocycles. The molecule has 10 heteroatoms. The van der Waals surface area contributed by atoms with E-state index in [0.717, 1.165) is 17.2 Å². The van der Waals surface area contributed by atoms with E-state index in [0.29, 0.717) is 46.2 Å². The Bertz CT molecular complexity index is 1290. The van der Waals surface area contributed by atoms with Crippen LogP contribution >= 0.6 is 23.4 Å². The van der Waals surface area contributed by atoms with Gasteiger partial charge in [-0.1, -0.05) is 44.5 Å². The van der Waals surface area contributed by atoms with Crippen LogP contribution in [-0.2, 0) is 4.79 Å². The molecule has 0 saturated carbocycles. The number of nitrogens with one attached hydrogen (secondary N) is 1. The Morgan fingerprint density at radius 2 is 1.89 bits per heavy atom. The molecular formula is C27H29ClN4O4S. The maximum atomic E-state index is 12.6. The second kappa shape index (κ2) is 11.8. The van der Waals surface area contributed by atoms with E-state index < -0.39 is 5.91 Å². The Hall–Kier alpha value is -3.30. The molecular weight excluding hydrogens is 512 g/mol. The third kappa shape index (κ3) is 5.99. The van der Waals surface area contributed by atoms with Crippen molar-refractivity contribution in [2.75, 3.05) is 20.3 Å². The first-order chi connectivity index (χ1) is 17.8. The predicted octanol–water partition coefficient (Wildman–Crippen LogP) is 6.35. The van der Waals surface area contributed by atoms with Crippen molar-refractivity contribution in [3.63, 3.8) is 0 Å². The van der Waals surface area contributed by atoms with Gasteiger partial charge in [0.2, 0.25) is 5.17 Å². The first-order valence-corrected chi connectivity index (χ1v) is 13.3. The molecule has 2 aromatic carbocycles. The van der Waals surface area contributed by atoms with Gasteiger partial charge in [0.05, 0.1) is 17.7 Å². The second-order valence-corrected chi connectivity index (χ2v) is 9.92. The number of nitrogens with zero attached hydrogens (tertiary/aromatic N) is 3. The molecule has 0 aliphatic carbocycles. The standard InChI is InChI=1S/C27H29ClN4O4S/c1-5-16(3)18-7-9-19(10-8-18)35-11-12-36-24-21(28)14-17(15-22(24)34-4)13-20-25(29)32-27(30-26(20)33)37-23(6-2)31-32/h7-10,13-16,29H,5-6,11-12H2,1-4H3/b20-13+,29-25?/t16-/m1/s1. The van der Waals surface area contributed by atoms with Crippen molar-refractivity contribution in [3.05, 3.63) is 58.1 Å². The summed E-state index contributed by atoms with van der Waals surface area (Å²) in [5.41, 5.74) is 1.97. The summed E-state index contributed by atoms with van der Waals surface area (Å²) in [7, 11) is 1.51. The van der Waals surface area contributed by atoms with Crippen molar-refractivity contribution in [1.82, 2.24) is 5.01 Å². The molecule has 1 atom stereocenters.